The smallest absolute Gasteiger partial charge is 0.317 e. The Morgan fingerprint density at radius 3 is 2.75 bits per heavy atom. The summed E-state index contributed by atoms with van der Waals surface area (Å²) in [6.07, 6.45) is 1.65. The van der Waals surface area contributed by atoms with Gasteiger partial charge in [-0.15, -0.1) is 0 Å². The Morgan fingerprint density at radius 1 is 1.45 bits per heavy atom. The highest BCUT2D eigenvalue weighted by molar-refractivity contribution is 6.30. The predicted octanol–water partition coefficient (Wildman–Crippen LogP) is 2.39. The number of carbonyl (C=O) groups excluding carboxylic acids is 1. The van der Waals surface area contributed by atoms with Crippen LogP contribution in [0.1, 0.15) is 18.4 Å². The Morgan fingerprint density at radius 2 is 2.15 bits per heavy atom. The van der Waals surface area contributed by atoms with Gasteiger partial charge in [0.25, 0.3) is 0 Å². The Labute approximate surface area is 122 Å². The predicted molar refractivity (Wildman–Crippen MR) is 75.0 cm³/mol. The number of likely N-dealkylation sites (tertiary alicyclic amines) is 1. The minimum Gasteiger partial charge on any atom is -0.396 e. The summed E-state index contributed by atoms with van der Waals surface area (Å²) in [5.41, 5.74) is 0.759. The Kier molecular flexibility index (Phi) is 5.20. The molecular weight excluding hydrogens is 283 g/mol. The molecule has 1 aliphatic heterocycles. The molecule has 6 heteroatoms. The summed E-state index contributed by atoms with van der Waals surface area (Å²) < 4.78 is 13.0. The van der Waals surface area contributed by atoms with Gasteiger partial charge >= 0.3 is 6.03 Å². The molecule has 0 saturated carbocycles. The monoisotopic (exact) mass is 300 g/mol. The van der Waals surface area contributed by atoms with Gasteiger partial charge in [-0.1, -0.05) is 17.7 Å². The Bertz CT molecular complexity index is 476. The number of piperidine rings is 1. The number of halogens is 2. The molecule has 1 saturated heterocycles. The van der Waals surface area contributed by atoms with Gasteiger partial charge in [0.2, 0.25) is 0 Å². The molecule has 1 heterocycles. The summed E-state index contributed by atoms with van der Waals surface area (Å²) in [5, 5.41) is 11.9. The number of amides is 2. The van der Waals surface area contributed by atoms with E-state index in [4.69, 9.17) is 16.7 Å². The van der Waals surface area contributed by atoms with E-state index in [1.165, 1.54) is 12.1 Å². The molecule has 1 aromatic rings. The van der Waals surface area contributed by atoms with E-state index in [0.29, 0.717) is 25.6 Å². The number of aliphatic hydroxyl groups excluding tert-OH is 1. The first-order chi connectivity index (χ1) is 9.60. The number of nitrogens with zero attached hydrogens (tertiary/aromatic N) is 1. The second kappa shape index (κ2) is 6.90. The molecular formula is C14H18ClFN2O2. The summed E-state index contributed by atoms with van der Waals surface area (Å²) in [6.45, 7) is 1.81. The van der Waals surface area contributed by atoms with E-state index in [9.17, 15) is 9.18 Å². The topological polar surface area (TPSA) is 52.6 Å². The first-order valence-electron chi connectivity index (χ1n) is 6.67. The fourth-order valence-electron chi connectivity index (χ4n) is 2.26. The first kappa shape index (κ1) is 15.1. The maximum Gasteiger partial charge on any atom is 0.317 e. The quantitative estimate of drug-likeness (QED) is 0.900. The number of hydrogen-bond donors (Lipinski definition) is 2. The van der Waals surface area contributed by atoms with E-state index in [1.54, 1.807) is 11.0 Å². The van der Waals surface area contributed by atoms with Crippen molar-refractivity contribution in [1.29, 1.82) is 0 Å². The maximum atomic E-state index is 13.0. The zero-order valence-corrected chi connectivity index (χ0v) is 11.9. The van der Waals surface area contributed by atoms with Crippen LogP contribution in [0.2, 0.25) is 5.02 Å². The average molecular weight is 301 g/mol. The van der Waals surface area contributed by atoms with E-state index in [2.05, 4.69) is 5.32 Å². The van der Waals surface area contributed by atoms with E-state index < -0.39 is 5.82 Å². The van der Waals surface area contributed by atoms with Gasteiger partial charge in [-0.25, -0.2) is 9.18 Å². The van der Waals surface area contributed by atoms with Crippen molar-refractivity contribution in [3.8, 4) is 0 Å². The molecule has 2 rings (SSSR count). The summed E-state index contributed by atoms with van der Waals surface area (Å²) in [5.74, 6) is -0.164. The number of hydrogen-bond acceptors (Lipinski definition) is 2. The highest BCUT2D eigenvalue weighted by atomic mass is 35.5. The van der Waals surface area contributed by atoms with Gasteiger partial charge in [-0.2, -0.15) is 0 Å². The van der Waals surface area contributed by atoms with Crippen molar-refractivity contribution in [3.63, 3.8) is 0 Å². The number of benzene rings is 1. The molecule has 4 nitrogen and oxygen atoms in total. The van der Waals surface area contributed by atoms with Crippen molar-refractivity contribution in [2.24, 2.45) is 5.92 Å². The van der Waals surface area contributed by atoms with Crippen LogP contribution >= 0.6 is 11.6 Å². The lowest BCUT2D eigenvalue weighted by molar-refractivity contribution is 0.137. The zero-order chi connectivity index (χ0) is 14.5. The summed E-state index contributed by atoms with van der Waals surface area (Å²) >= 11 is 5.69. The van der Waals surface area contributed by atoms with Gasteiger partial charge in [-0.05, 0) is 36.5 Å². The van der Waals surface area contributed by atoms with Crippen molar-refractivity contribution in [2.45, 2.75) is 19.4 Å². The van der Waals surface area contributed by atoms with Crippen LogP contribution in [-0.4, -0.2) is 35.7 Å². The lowest BCUT2D eigenvalue weighted by Gasteiger charge is -2.31. The van der Waals surface area contributed by atoms with E-state index >= 15 is 0 Å². The third kappa shape index (κ3) is 3.84. The molecule has 0 aromatic heterocycles. The molecule has 0 aliphatic carbocycles. The number of aliphatic hydroxyl groups is 1. The lowest BCUT2D eigenvalue weighted by Crippen LogP contribution is -2.44. The molecule has 0 unspecified atom stereocenters. The van der Waals surface area contributed by atoms with Crippen LogP contribution in [-0.2, 0) is 6.54 Å². The first-order valence-corrected chi connectivity index (χ1v) is 7.05. The molecule has 2 amide bonds. The molecule has 1 aromatic carbocycles. The molecule has 110 valence electrons. The van der Waals surface area contributed by atoms with Crippen LogP contribution in [0.25, 0.3) is 0 Å². The number of rotatable bonds is 3. The van der Waals surface area contributed by atoms with Gasteiger partial charge in [0, 0.05) is 26.2 Å². The number of carbonyl (C=O) groups is 1. The zero-order valence-electron chi connectivity index (χ0n) is 11.1. The Balaban J connectivity index is 1.81. The van der Waals surface area contributed by atoms with Crippen molar-refractivity contribution in [3.05, 3.63) is 34.6 Å². The highest BCUT2D eigenvalue weighted by Crippen LogP contribution is 2.17. The third-order valence-corrected chi connectivity index (χ3v) is 3.88. The highest BCUT2D eigenvalue weighted by Gasteiger charge is 2.21. The van der Waals surface area contributed by atoms with Crippen LogP contribution in [0.3, 0.4) is 0 Å². The molecule has 2 N–H and O–H groups in total. The maximum absolute atomic E-state index is 13.0. The molecule has 0 atom stereocenters. The van der Waals surface area contributed by atoms with E-state index in [-0.39, 0.29) is 17.7 Å². The molecule has 1 aliphatic rings. The van der Waals surface area contributed by atoms with Crippen LogP contribution in [0.5, 0.6) is 0 Å². The van der Waals surface area contributed by atoms with E-state index in [1.807, 2.05) is 0 Å². The summed E-state index contributed by atoms with van der Waals surface area (Å²) in [4.78, 5) is 13.7. The van der Waals surface area contributed by atoms with Gasteiger partial charge in [0.15, 0.2) is 0 Å². The third-order valence-electron chi connectivity index (χ3n) is 3.59. The van der Waals surface area contributed by atoms with Crippen LogP contribution < -0.4 is 5.32 Å². The fraction of sp³-hybridized carbons (Fsp3) is 0.500. The van der Waals surface area contributed by atoms with Crippen molar-refractivity contribution < 1.29 is 14.3 Å². The minimum absolute atomic E-state index is 0.0560. The second-order valence-corrected chi connectivity index (χ2v) is 5.43. The summed E-state index contributed by atoms with van der Waals surface area (Å²) in [7, 11) is 0. The largest absolute Gasteiger partial charge is 0.396 e. The number of urea groups is 1. The summed E-state index contributed by atoms with van der Waals surface area (Å²) in [6, 6.07) is 4.26. The molecule has 0 bridgehead atoms. The second-order valence-electron chi connectivity index (χ2n) is 5.02. The standard InChI is InChI=1S/C14H18ClFN2O2/c15-12-7-11(1-2-13(12)16)8-17-14(20)18-5-3-10(9-19)4-6-18/h1-2,7,10,19H,3-6,8-9H2,(H,17,20). The van der Waals surface area contributed by atoms with Crippen molar-refractivity contribution in [2.75, 3.05) is 19.7 Å². The molecule has 0 radical (unpaired) electrons. The molecule has 0 spiro atoms. The SMILES string of the molecule is O=C(NCc1ccc(F)c(Cl)c1)N1CCC(CO)CC1. The number of nitrogens with one attached hydrogen (secondary N) is 1. The normalized spacial score (nSPS) is 16.2. The fourth-order valence-corrected chi connectivity index (χ4v) is 2.46. The van der Waals surface area contributed by atoms with Crippen LogP contribution in [0.4, 0.5) is 9.18 Å². The van der Waals surface area contributed by atoms with E-state index in [0.717, 1.165) is 18.4 Å². The van der Waals surface area contributed by atoms with Crippen molar-refractivity contribution in [1.82, 2.24) is 10.2 Å². The Hall–Kier alpha value is -1.33. The van der Waals surface area contributed by atoms with Crippen LogP contribution in [0.15, 0.2) is 18.2 Å². The minimum atomic E-state index is -0.465. The van der Waals surface area contributed by atoms with Crippen molar-refractivity contribution >= 4 is 17.6 Å². The van der Waals surface area contributed by atoms with Gasteiger partial charge in [0.05, 0.1) is 5.02 Å². The molecule has 20 heavy (non-hydrogen) atoms. The lowest BCUT2D eigenvalue weighted by atomic mass is 9.98. The van der Waals surface area contributed by atoms with Gasteiger partial charge in [-0.3, -0.25) is 0 Å². The van der Waals surface area contributed by atoms with Crippen LogP contribution in [0, 0.1) is 11.7 Å². The average Bonchev–Trinajstić information content (AvgIpc) is 2.48. The molecule has 1 fully saturated rings. The van der Waals surface area contributed by atoms with Gasteiger partial charge < -0.3 is 15.3 Å². The van der Waals surface area contributed by atoms with Gasteiger partial charge in [0.1, 0.15) is 5.82 Å².